The zero-order chi connectivity index (χ0) is 15.8. The summed E-state index contributed by atoms with van der Waals surface area (Å²) in [5.74, 6) is 0.334. The summed E-state index contributed by atoms with van der Waals surface area (Å²) in [7, 11) is 0. The van der Waals surface area contributed by atoms with Crippen LogP contribution >= 0.6 is 23.1 Å². The molecular formula is C14H24N4OS2. The molecule has 3 N–H and O–H groups in total. The molecule has 21 heavy (non-hydrogen) atoms. The summed E-state index contributed by atoms with van der Waals surface area (Å²) in [6.07, 6.45) is 0. The highest BCUT2D eigenvalue weighted by molar-refractivity contribution is 8.00. The van der Waals surface area contributed by atoms with E-state index < -0.39 is 0 Å². The van der Waals surface area contributed by atoms with Gasteiger partial charge >= 0.3 is 0 Å². The lowest BCUT2D eigenvalue weighted by Gasteiger charge is -2.34. The van der Waals surface area contributed by atoms with E-state index in [1.54, 1.807) is 0 Å². The summed E-state index contributed by atoms with van der Waals surface area (Å²) in [6, 6.07) is 0. The number of rotatable bonds is 2. The van der Waals surface area contributed by atoms with E-state index in [0.717, 1.165) is 13.1 Å². The highest BCUT2D eigenvalue weighted by Crippen LogP contribution is 2.31. The molecule has 0 aromatic carbocycles. The van der Waals surface area contributed by atoms with Crippen LogP contribution in [0.1, 0.15) is 44.3 Å². The Labute approximate surface area is 134 Å². The number of hydrogen-bond donors (Lipinski definition) is 2. The lowest BCUT2D eigenvalue weighted by Crippen LogP contribution is -2.43. The average molecular weight is 329 g/mol. The van der Waals surface area contributed by atoms with Crippen LogP contribution < -0.4 is 11.1 Å². The number of hydrogen-bond acceptors (Lipinski definition) is 6. The quantitative estimate of drug-likeness (QED) is 0.873. The number of carbonyl (C=O) groups excluding carboxylic acids is 1. The second-order valence-electron chi connectivity index (χ2n) is 6.58. The lowest BCUT2D eigenvalue weighted by atomic mass is 10.1. The number of carbonyl (C=O) groups is 1. The van der Waals surface area contributed by atoms with Gasteiger partial charge < -0.3 is 16.0 Å². The van der Waals surface area contributed by atoms with Crippen LogP contribution in [-0.2, 0) is 0 Å². The average Bonchev–Trinajstić information content (AvgIpc) is 2.65. The standard InChI is InChI=1S/C14H24N4OS2/c1-8-6-18(7-9(2)20-8)12(19)10-11(15)16-13(21-10)17-14(3,4)5/h8-9H,6-7,15H2,1-5H3,(H,16,17). The summed E-state index contributed by atoms with van der Waals surface area (Å²) in [4.78, 5) is 19.4. The Hall–Kier alpha value is -0.950. The zero-order valence-electron chi connectivity index (χ0n) is 13.3. The SMILES string of the molecule is CC1CN(C(=O)c2sc(NC(C)(C)C)nc2N)CC(C)S1. The van der Waals surface area contributed by atoms with Crippen molar-refractivity contribution < 1.29 is 4.79 Å². The van der Waals surface area contributed by atoms with E-state index in [-0.39, 0.29) is 11.4 Å². The minimum Gasteiger partial charge on any atom is -0.382 e. The van der Waals surface area contributed by atoms with Crippen molar-refractivity contribution in [2.75, 3.05) is 24.1 Å². The second-order valence-corrected chi connectivity index (χ2v) is 9.46. The maximum absolute atomic E-state index is 12.7. The molecule has 2 heterocycles. The van der Waals surface area contributed by atoms with Crippen LogP contribution in [0.5, 0.6) is 0 Å². The molecule has 0 radical (unpaired) electrons. The Balaban J connectivity index is 2.15. The molecule has 7 heteroatoms. The Bertz CT molecular complexity index is 514. The van der Waals surface area contributed by atoms with Crippen molar-refractivity contribution in [1.82, 2.24) is 9.88 Å². The van der Waals surface area contributed by atoms with Gasteiger partial charge in [0.05, 0.1) is 0 Å². The molecule has 2 atom stereocenters. The van der Waals surface area contributed by atoms with Crippen molar-refractivity contribution in [3.63, 3.8) is 0 Å². The lowest BCUT2D eigenvalue weighted by molar-refractivity contribution is 0.0759. The van der Waals surface area contributed by atoms with Crippen LogP contribution in [0.3, 0.4) is 0 Å². The number of thiazole rings is 1. The van der Waals surface area contributed by atoms with E-state index in [9.17, 15) is 4.79 Å². The molecule has 0 spiro atoms. The van der Waals surface area contributed by atoms with Gasteiger partial charge in [0.25, 0.3) is 5.91 Å². The van der Waals surface area contributed by atoms with Crippen LogP contribution in [0.25, 0.3) is 0 Å². The van der Waals surface area contributed by atoms with Gasteiger partial charge in [0.15, 0.2) is 5.13 Å². The molecule has 1 aliphatic heterocycles. The highest BCUT2D eigenvalue weighted by atomic mass is 32.2. The molecule has 1 aromatic rings. The van der Waals surface area contributed by atoms with Gasteiger partial charge in [-0.15, -0.1) is 0 Å². The first kappa shape index (κ1) is 16.4. The minimum absolute atomic E-state index is 0.00552. The summed E-state index contributed by atoms with van der Waals surface area (Å²) < 4.78 is 0. The topological polar surface area (TPSA) is 71.2 Å². The molecule has 0 aliphatic carbocycles. The van der Waals surface area contributed by atoms with Crippen LogP contribution in [0.15, 0.2) is 0 Å². The Morgan fingerprint density at radius 1 is 1.33 bits per heavy atom. The van der Waals surface area contributed by atoms with Crippen molar-refractivity contribution >= 4 is 40.0 Å². The molecule has 0 bridgehead atoms. The zero-order valence-corrected chi connectivity index (χ0v) is 14.9. The third-order valence-corrected chi connectivity index (χ3v) is 5.24. The molecule has 1 saturated heterocycles. The number of thioether (sulfide) groups is 1. The van der Waals surface area contributed by atoms with E-state index in [1.165, 1.54) is 11.3 Å². The summed E-state index contributed by atoms with van der Waals surface area (Å²) in [5, 5.41) is 4.89. The van der Waals surface area contributed by atoms with Gasteiger partial charge in [-0.1, -0.05) is 25.2 Å². The molecular weight excluding hydrogens is 304 g/mol. The Morgan fingerprint density at radius 2 is 1.90 bits per heavy atom. The monoisotopic (exact) mass is 328 g/mol. The summed E-state index contributed by atoms with van der Waals surface area (Å²) >= 11 is 3.27. The van der Waals surface area contributed by atoms with Crippen LogP contribution in [0.2, 0.25) is 0 Å². The largest absolute Gasteiger partial charge is 0.382 e. The molecule has 1 fully saturated rings. The molecule has 0 saturated carbocycles. The Morgan fingerprint density at radius 3 is 2.43 bits per heavy atom. The van der Waals surface area contributed by atoms with Gasteiger partial charge in [-0.05, 0) is 20.8 Å². The van der Waals surface area contributed by atoms with E-state index in [4.69, 9.17) is 5.73 Å². The van der Waals surface area contributed by atoms with Crippen molar-refractivity contribution in [1.29, 1.82) is 0 Å². The van der Waals surface area contributed by atoms with Gasteiger partial charge in [-0.3, -0.25) is 4.79 Å². The number of nitrogens with two attached hydrogens (primary N) is 1. The maximum Gasteiger partial charge on any atom is 0.267 e. The van der Waals surface area contributed by atoms with Crippen molar-refractivity contribution in [3.05, 3.63) is 4.88 Å². The van der Waals surface area contributed by atoms with Crippen LogP contribution in [0.4, 0.5) is 10.9 Å². The van der Waals surface area contributed by atoms with Gasteiger partial charge in [-0.2, -0.15) is 11.8 Å². The second kappa shape index (κ2) is 6.04. The number of nitrogens with zero attached hydrogens (tertiary/aromatic N) is 2. The van der Waals surface area contributed by atoms with Crippen molar-refractivity contribution in [3.8, 4) is 0 Å². The number of nitrogen functional groups attached to an aromatic ring is 1. The molecule has 2 rings (SSSR count). The van der Waals surface area contributed by atoms with Gasteiger partial charge in [0, 0.05) is 29.1 Å². The molecule has 2 unspecified atom stereocenters. The van der Waals surface area contributed by atoms with Crippen molar-refractivity contribution in [2.45, 2.75) is 50.7 Å². The number of anilines is 2. The predicted octanol–water partition coefficient (Wildman–Crippen LogP) is 2.90. The number of nitrogens with one attached hydrogen (secondary N) is 1. The van der Waals surface area contributed by atoms with Crippen LogP contribution in [0, 0.1) is 0 Å². The minimum atomic E-state index is -0.102. The third kappa shape index (κ3) is 4.26. The highest BCUT2D eigenvalue weighted by Gasteiger charge is 2.29. The first-order valence-corrected chi connectivity index (χ1v) is 8.91. The fourth-order valence-corrected chi connectivity index (χ4v) is 4.73. The van der Waals surface area contributed by atoms with Gasteiger partial charge in [0.1, 0.15) is 10.7 Å². The van der Waals surface area contributed by atoms with Gasteiger partial charge in [0.2, 0.25) is 0 Å². The summed E-state index contributed by atoms with van der Waals surface area (Å²) in [5.41, 5.74) is 5.84. The van der Waals surface area contributed by atoms with Gasteiger partial charge in [-0.25, -0.2) is 4.98 Å². The maximum atomic E-state index is 12.7. The van der Waals surface area contributed by atoms with Crippen LogP contribution in [-0.4, -0.2) is 44.9 Å². The molecule has 5 nitrogen and oxygen atoms in total. The summed E-state index contributed by atoms with van der Waals surface area (Å²) in [6.45, 7) is 12.0. The van der Waals surface area contributed by atoms with Crippen molar-refractivity contribution in [2.24, 2.45) is 0 Å². The fraction of sp³-hybridized carbons (Fsp3) is 0.714. The number of amides is 1. The molecule has 1 aliphatic rings. The van der Waals surface area contributed by atoms with E-state index in [0.29, 0.717) is 26.3 Å². The van der Waals surface area contributed by atoms with E-state index in [1.807, 2.05) is 16.7 Å². The van der Waals surface area contributed by atoms with E-state index in [2.05, 4.69) is 44.9 Å². The van der Waals surface area contributed by atoms with E-state index >= 15 is 0 Å². The Kier molecular flexibility index (Phi) is 4.72. The number of aromatic nitrogens is 1. The molecule has 118 valence electrons. The normalized spacial score (nSPS) is 23.2. The molecule has 1 amide bonds. The first-order valence-electron chi connectivity index (χ1n) is 7.15. The predicted molar refractivity (Wildman–Crippen MR) is 92.3 cm³/mol. The smallest absolute Gasteiger partial charge is 0.267 e. The first-order chi connectivity index (χ1) is 9.65. The third-order valence-electron chi connectivity index (χ3n) is 3.04. The molecule has 1 aromatic heterocycles. The fourth-order valence-electron chi connectivity index (χ4n) is 2.35.